The molecule has 0 unspecified atom stereocenters. The highest BCUT2D eigenvalue weighted by Crippen LogP contribution is 2.40. The van der Waals surface area contributed by atoms with Crippen molar-refractivity contribution in [3.05, 3.63) is 46.4 Å². The summed E-state index contributed by atoms with van der Waals surface area (Å²) in [5.41, 5.74) is 1.95. The van der Waals surface area contributed by atoms with Gasteiger partial charge >= 0.3 is 16.2 Å². The largest absolute Gasteiger partial charge is 0.326 e. The van der Waals surface area contributed by atoms with E-state index in [2.05, 4.69) is 10.6 Å². The molecule has 132 valence electrons. The third-order valence-electron chi connectivity index (χ3n) is 3.78. The zero-order valence-corrected chi connectivity index (χ0v) is 15.6. The van der Waals surface area contributed by atoms with Crippen LogP contribution in [0.5, 0.6) is 0 Å². The molecule has 1 aliphatic heterocycles. The number of fused-ring (bicyclic) bond motifs is 1. The number of benzene rings is 2. The second-order valence-electron chi connectivity index (χ2n) is 5.35. The number of rotatable bonds is 2. The average molecular weight is 401 g/mol. The van der Waals surface area contributed by atoms with Crippen molar-refractivity contribution in [3.63, 3.8) is 0 Å². The van der Waals surface area contributed by atoms with Crippen molar-refractivity contribution < 1.29 is 13.2 Å². The van der Waals surface area contributed by atoms with Crippen LogP contribution in [0.1, 0.15) is 0 Å². The number of hydrogen-bond donors (Lipinski definition) is 2. The first kappa shape index (κ1) is 17.7. The number of amides is 2. The number of nitrogens with zero attached hydrogens (tertiary/aromatic N) is 2. The predicted molar refractivity (Wildman–Crippen MR) is 101 cm³/mol. The zero-order chi connectivity index (χ0) is 18.4. The van der Waals surface area contributed by atoms with E-state index < -0.39 is 16.2 Å². The molecule has 0 aliphatic carbocycles. The van der Waals surface area contributed by atoms with Gasteiger partial charge in [-0.2, -0.15) is 8.42 Å². The van der Waals surface area contributed by atoms with Crippen LogP contribution in [0, 0.1) is 0 Å². The standard InChI is InChI=1S/C15H14Cl2N4O3S/c1-20-13-6-4-10(8-14(13)21(2)25(20,23)24)19-15(22)18-9-3-5-11(16)12(17)7-9/h3-8H,1-2H3,(H2,18,19,22). The summed E-state index contributed by atoms with van der Waals surface area (Å²) in [4.78, 5) is 12.1. The topological polar surface area (TPSA) is 81.8 Å². The molecule has 0 bridgehead atoms. The van der Waals surface area contributed by atoms with Crippen molar-refractivity contribution >= 4 is 62.2 Å². The highest BCUT2D eigenvalue weighted by atomic mass is 35.5. The molecule has 0 aromatic heterocycles. The van der Waals surface area contributed by atoms with Crippen LogP contribution in [-0.2, 0) is 10.2 Å². The second-order valence-corrected chi connectivity index (χ2v) is 8.16. The summed E-state index contributed by atoms with van der Waals surface area (Å²) < 4.78 is 26.6. The van der Waals surface area contributed by atoms with E-state index in [1.807, 2.05) is 0 Å². The smallest absolute Gasteiger partial charge is 0.308 e. The van der Waals surface area contributed by atoms with Crippen LogP contribution in [0.15, 0.2) is 36.4 Å². The highest BCUT2D eigenvalue weighted by molar-refractivity contribution is 7.94. The molecule has 7 nitrogen and oxygen atoms in total. The van der Waals surface area contributed by atoms with Crippen molar-refractivity contribution in [2.24, 2.45) is 0 Å². The van der Waals surface area contributed by atoms with Gasteiger partial charge in [-0.25, -0.2) is 4.79 Å². The Morgan fingerprint density at radius 3 is 2.08 bits per heavy atom. The van der Waals surface area contributed by atoms with Crippen LogP contribution < -0.4 is 19.2 Å². The van der Waals surface area contributed by atoms with Gasteiger partial charge in [0.15, 0.2) is 0 Å². The van der Waals surface area contributed by atoms with Crippen LogP contribution in [-0.4, -0.2) is 28.5 Å². The quantitative estimate of drug-likeness (QED) is 0.804. The molecular weight excluding hydrogens is 387 g/mol. The van der Waals surface area contributed by atoms with Gasteiger partial charge in [0, 0.05) is 25.5 Å². The molecule has 1 aliphatic rings. The number of urea groups is 1. The third kappa shape index (κ3) is 3.20. The van der Waals surface area contributed by atoms with E-state index in [0.717, 1.165) is 4.31 Å². The Hall–Kier alpha value is -2.16. The number of hydrogen-bond acceptors (Lipinski definition) is 3. The van der Waals surface area contributed by atoms with Gasteiger partial charge in [-0.05, 0) is 36.4 Å². The molecule has 0 radical (unpaired) electrons. The maximum atomic E-state index is 12.1. The molecular formula is C15H14Cl2N4O3S. The fourth-order valence-electron chi connectivity index (χ4n) is 2.42. The Bertz CT molecular complexity index is 965. The summed E-state index contributed by atoms with van der Waals surface area (Å²) in [7, 11) is -0.625. The van der Waals surface area contributed by atoms with E-state index in [1.54, 1.807) is 30.3 Å². The minimum absolute atomic E-state index is 0.326. The molecule has 2 aromatic carbocycles. The Balaban J connectivity index is 1.77. The van der Waals surface area contributed by atoms with Crippen LogP contribution in [0.3, 0.4) is 0 Å². The first-order valence-electron chi connectivity index (χ1n) is 7.10. The fourth-order valence-corrected chi connectivity index (χ4v) is 3.88. The summed E-state index contributed by atoms with van der Waals surface area (Å²) in [5, 5.41) is 5.99. The number of anilines is 4. The molecule has 3 rings (SSSR count). The van der Waals surface area contributed by atoms with E-state index >= 15 is 0 Å². The second kappa shape index (κ2) is 6.29. The van der Waals surface area contributed by atoms with E-state index in [-0.39, 0.29) is 0 Å². The molecule has 0 saturated heterocycles. The van der Waals surface area contributed by atoms with Crippen molar-refractivity contribution in [3.8, 4) is 0 Å². The third-order valence-corrected chi connectivity index (χ3v) is 6.30. The van der Waals surface area contributed by atoms with Crippen LogP contribution in [0.25, 0.3) is 0 Å². The lowest BCUT2D eigenvalue weighted by Crippen LogP contribution is -2.32. The molecule has 2 N–H and O–H groups in total. The maximum absolute atomic E-state index is 12.1. The Morgan fingerprint density at radius 1 is 0.880 bits per heavy atom. The van der Waals surface area contributed by atoms with Gasteiger partial charge in [-0.3, -0.25) is 8.61 Å². The van der Waals surface area contributed by atoms with Crippen molar-refractivity contribution in [1.29, 1.82) is 0 Å². The number of carbonyl (C=O) groups is 1. The minimum Gasteiger partial charge on any atom is -0.308 e. The highest BCUT2D eigenvalue weighted by Gasteiger charge is 2.35. The fraction of sp³-hybridized carbons (Fsp3) is 0.133. The molecule has 10 heteroatoms. The maximum Gasteiger partial charge on any atom is 0.326 e. The van der Waals surface area contributed by atoms with Gasteiger partial charge in [-0.15, -0.1) is 0 Å². The van der Waals surface area contributed by atoms with Gasteiger partial charge in [0.2, 0.25) is 0 Å². The van der Waals surface area contributed by atoms with E-state index in [0.29, 0.717) is 32.8 Å². The van der Waals surface area contributed by atoms with Crippen molar-refractivity contribution in [2.45, 2.75) is 0 Å². The van der Waals surface area contributed by atoms with Crippen LogP contribution in [0.4, 0.5) is 27.5 Å². The number of nitrogens with one attached hydrogen (secondary N) is 2. The lowest BCUT2D eigenvalue weighted by atomic mass is 10.2. The van der Waals surface area contributed by atoms with Crippen LogP contribution in [0.2, 0.25) is 10.0 Å². The molecule has 1 heterocycles. The molecule has 2 aromatic rings. The Morgan fingerprint density at radius 2 is 1.44 bits per heavy atom. The lowest BCUT2D eigenvalue weighted by molar-refractivity contribution is 0.262. The van der Waals surface area contributed by atoms with Gasteiger partial charge < -0.3 is 10.6 Å². The molecule has 2 amide bonds. The van der Waals surface area contributed by atoms with E-state index in [1.165, 1.54) is 24.5 Å². The van der Waals surface area contributed by atoms with Gasteiger partial charge in [0.05, 0.1) is 21.4 Å². The Labute approximate surface area is 155 Å². The van der Waals surface area contributed by atoms with Crippen LogP contribution >= 0.6 is 23.2 Å². The summed E-state index contributed by atoms with van der Waals surface area (Å²) in [6.45, 7) is 0. The lowest BCUT2D eigenvalue weighted by Gasteiger charge is -2.13. The first-order chi connectivity index (χ1) is 11.7. The summed E-state index contributed by atoms with van der Waals surface area (Å²) in [5.74, 6) is 0. The van der Waals surface area contributed by atoms with Gasteiger partial charge in [0.25, 0.3) is 0 Å². The van der Waals surface area contributed by atoms with Crippen molar-refractivity contribution in [1.82, 2.24) is 0 Å². The number of carbonyl (C=O) groups excluding carboxylic acids is 1. The molecule has 0 spiro atoms. The first-order valence-corrected chi connectivity index (χ1v) is 9.25. The minimum atomic E-state index is -3.55. The zero-order valence-electron chi connectivity index (χ0n) is 13.2. The summed E-state index contributed by atoms with van der Waals surface area (Å²) in [6.07, 6.45) is 0. The molecule has 0 atom stereocenters. The van der Waals surface area contributed by atoms with Crippen molar-refractivity contribution in [2.75, 3.05) is 33.3 Å². The molecule has 0 saturated carbocycles. The summed E-state index contributed by atoms with van der Waals surface area (Å²) in [6, 6.07) is 9.07. The van der Waals surface area contributed by atoms with Gasteiger partial charge in [0.1, 0.15) is 0 Å². The van der Waals surface area contributed by atoms with E-state index in [9.17, 15) is 13.2 Å². The van der Waals surface area contributed by atoms with E-state index in [4.69, 9.17) is 23.2 Å². The predicted octanol–water partition coefficient (Wildman–Crippen LogP) is 3.77. The van der Waals surface area contributed by atoms with Gasteiger partial charge in [-0.1, -0.05) is 23.2 Å². The average Bonchev–Trinajstić information content (AvgIpc) is 2.72. The molecule has 25 heavy (non-hydrogen) atoms. The number of halogens is 2. The summed E-state index contributed by atoms with van der Waals surface area (Å²) >= 11 is 11.7. The molecule has 0 fully saturated rings. The monoisotopic (exact) mass is 400 g/mol. The SMILES string of the molecule is CN1c2ccc(NC(=O)Nc3ccc(Cl)c(Cl)c3)cc2N(C)S1(=O)=O. The Kier molecular flexibility index (Phi) is 4.44. The normalized spacial score (nSPS) is 15.0.